The fourth-order valence-corrected chi connectivity index (χ4v) is 5.33. The van der Waals surface area contributed by atoms with Gasteiger partial charge in [-0.05, 0) is 61.3 Å². The fraction of sp³-hybridized carbons (Fsp3) is 0.789. The van der Waals surface area contributed by atoms with Gasteiger partial charge in [0.15, 0.2) is 5.78 Å². The first-order valence-corrected chi connectivity index (χ1v) is 7.99. The first-order chi connectivity index (χ1) is 13.0. The van der Waals surface area contributed by atoms with Crippen molar-refractivity contribution in [2.24, 2.45) is 28.6 Å². The highest BCUT2D eigenvalue weighted by molar-refractivity contribution is 5.91. The number of aliphatic hydroxyl groups excluding tert-OH is 1. The highest BCUT2D eigenvalue weighted by atomic mass is 16.3. The van der Waals surface area contributed by atoms with Crippen molar-refractivity contribution < 1.29 is 24.3 Å². The highest BCUT2D eigenvalue weighted by Gasteiger charge is 2.61. The standard InChI is InChI=1S/C19H26O3/c1-18-8-7-12(20)9-11(18)3-4-13-14-5-6-16(22)19(14,2)10-15(21)17(13)18/h9,13-15,17,21H,3-8,10H2,1-2H3/t13?,14?,15-,17?,18?,19?/m0/s1/i3D2,6D2,7D2,9D. The number of fused-ring (bicyclic) bond motifs is 5. The number of Topliss-reactive ketones (excluding diaryl/α,β-unsaturated/α-hetero) is 1. The summed E-state index contributed by atoms with van der Waals surface area (Å²) in [5.41, 5.74) is -2.42. The van der Waals surface area contributed by atoms with Crippen molar-refractivity contribution >= 4 is 11.6 Å². The number of aliphatic hydroxyl groups is 1. The van der Waals surface area contributed by atoms with Crippen LogP contribution in [-0.4, -0.2) is 22.8 Å². The zero-order chi connectivity index (χ0) is 21.9. The molecule has 3 fully saturated rings. The van der Waals surface area contributed by atoms with E-state index in [1.165, 1.54) is 0 Å². The fourth-order valence-electron chi connectivity index (χ4n) is 5.33. The van der Waals surface area contributed by atoms with E-state index in [9.17, 15) is 14.7 Å². The minimum Gasteiger partial charge on any atom is -0.393 e. The van der Waals surface area contributed by atoms with Crippen LogP contribution in [0.3, 0.4) is 0 Å². The summed E-state index contributed by atoms with van der Waals surface area (Å²) < 4.78 is 58.1. The quantitative estimate of drug-likeness (QED) is 0.748. The average Bonchev–Trinajstić information content (AvgIpc) is 2.71. The van der Waals surface area contributed by atoms with Gasteiger partial charge in [-0.2, -0.15) is 0 Å². The zero-order valence-corrected chi connectivity index (χ0v) is 12.9. The summed E-state index contributed by atoms with van der Waals surface area (Å²) in [6, 6.07) is -0.648. The van der Waals surface area contributed by atoms with E-state index in [-0.39, 0.29) is 31.3 Å². The van der Waals surface area contributed by atoms with E-state index in [1.54, 1.807) is 13.8 Å². The molecular weight excluding hydrogens is 276 g/mol. The Labute approximate surface area is 142 Å². The Kier molecular flexibility index (Phi) is 1.81. The van der Waals surface area contributed by atoms with E-state index < -0.39 is 71.4 Å². The molecule has 0 radical (unpaired) electrons. The molecule has 4 aliphatic carbocycles. The molecule has 22 heavy (non-hydrogen) atoms. The number of carbonyl (C=O) groups excluding carboxylic acids is 2. The highest BCUT2D eigenvalue weighted by Crippen LogP contribution is 2.64. The monoisotopic (exact) mass is 309 g/mol. The van der Waals surface area contributed by atoms with Gasteiger partial charge in [0.1, 0.15) is 5.78 Å². The summed E-state index contributed by atoms with van der Waals surface area (Å²) in [5.74, 6) is -3.27. The Balaban J connectivity index is 1.91. The summed E-state index contributed by atoms with van der Waals surface area (Å²) in [6.45, 7) is 3.26. The smallest absolute Gasteiger partial charge is 0.155 e. The molecule has 0 spiro atoms. The minimum atomic E-state index is -2.34. The topological polar surface area (TPSA) is 54.4 Å². The Bertz CT molecular complexity index is 851. The molecule has 0 aliphatic heterocycles. The number of hydrogen-bond acceptors (Lipinski definition) is 3. The van der Waals surface area contributed by atoms with Crippen LogP contribution in [0, 0.1) is 28.6 Å². The molecular formula is C19H26O3. The predicted octanol–water partition coefficient (Wildman–Crippen LogP) is 3.06. The normalized spacial score (nSPS) is 63.0. The molecule has 6 atom stereocenters. The van der Waals surface area contributed by atoms with E-state index in [1.807, 2.05) is 0 Å². The maximum atomic E-state index is 12.8. The molecule has 1 N–H and O–H groups in total. The van der Waals surface area contributed by atoms with Crippen LogP contribution in [0.15, 0.2) is 11.6 Å². The van der Waals surface area contributed by atoms with Crippen molar-refractivity contribution in [3.05, 3.63) is 11.6 Å². The van der Waals surface area contributed by atoms with Gasteiger partial charge in [-0.15, -0.1) is 0 Å². The molecule has 0 amide bonds. The second-order valence-electron chi connectivity index (χ2n) is 7.68. The lowest BCUT2D eigenvalue weighted by Crippen LogP contribution is -2.56. The molecule has 4 aliphatic rings. The number of ketones is 2. The van der Waals surface area contributed by atoms with Gasteiger partial charge >= 0.3 is 0 Å². The van der Waals surface area contributed by atoms with Gasteiger partial charge in [0.2, 0.25) is 0 Å². The number of allylic oxidation sites excluding steroid dienone is 1. The van der Waals surface area contributed by atoms with Crippen molar-refractivity contribution in [2.75, 3.05) is 0 Å². The van der Waals surface area contributed by atoms with Crippen LogP contribution in [0.25, 0.3) is 0 Å². The number of rotatable bonds is 0. The molecule has 3 nitrogen and oxygen atoms in total. The van der Waals surface area contributed by atoms with Gasteiger partial charge in [-0.1, -0.05) is 19.4 Å². The van der Waals surface area contributed by atoms with E-state index in [0.29, 0.717) is 0 Å². The summed E-state index contributed by atoms with van der Waals surface area (Å²) in [7, 11) is 0. The molecule has 5 unspecified atom stereocenters. The summed E-state index contributed by atoms with van der Waals surface area (Å²) in [4.78, 5) is 25.2. The third-order valence-electron chi connectivity index (χ3n) is 6.52. The van der Waals surface area contributed by atoms with Gasteiger partial charge in [0, 0.05) is 26.4 Å². The summed E-state index contributed by atoms with van der Waals surface area (Å²) >= 11 is 0. The van der Waals surface area contributed by atoms with E-state index in [4.69, 9.17) is 9.60 Å². The summed E-state index contributed by atoms with van der Waals surface area (Å²) in [5, 5.41) is 11.1. The lowest BCUT2D eigenvalue weighted by molar-refractivity contribution is -0.147. The minimum absolute atomic E-state index is 0.0212. The molecule has 3 heteroatoms. The molecule has 0 aromatic carbocycles. The van der Waals surface area contributed by atoms with Crippen LogP contribution < -0.4 is 0 Å². The lowest BCUT2D eigenvalue weighted by atomic mass is 9.46. The third kappa shape index (κ3) is 1.72. The van der Waals surface area contributed by atoms with Gasteiger partial charge in [0.05, 0.1) is 7.47 Å². The van der Waals surface area contributed by atoms with Gasteiger partial charge < -0.3 is 5.11 Å². The van der Waals surface area contributed by atoms with Crippen LogP contribution in [0.1, 0.15) is 68.2 Å². The molecule has 4 rings (SSSR count). The van der Waals surface area contributed by atoms with Crippen LogP contribution in [-0.2, 0) is 9.59 Å². The molecule has 0 heterocycles. The second-order valence-corrected chi connectivity index (χ2v) is 7.68. The van der Waals surface area contributed by atoms with Gasteiger partial charge in [-0.3, -0.25) is 9.59 Å². The lowest BCUT2D eigenvalue weighted by Gasteiger charge is -2.58. The van der Waals surface area contributed by atoms with E-state index in [0.717, 1.165) is 0 Å². The molecule has 0 aromatic rings. The molecule has 120 valence electrons. The van der Waals surface area contributed by atoms with Crippen LogP contribution in [0.5, 0.6) is 0 Å². The van der Waals surface area contributed by atoms with Crippen molar-refractivity contribution in [3.63, 3.8) is 0 Å². The second kappa shape index (κ2) is 4.53. The Morgan fingerprint density at radius 1 is 1.23 bits per heavy atom. The van der Waals surface area contributed by atoms with Crippen molar-refractivity contribution in [1.82, 2.24) is 0 Å². The van der Waals surface area contributed by atoms with Gasteiger partial charge in [-0.25, -0.2) is 0 Å². The van der Waals surface area contributed by atoms with Crippen LogP contribution >= 0.6 is 0 Å². The van der Waals surface area contributed by atoms with E-state index in [2.05, 4.69) is 0 Å². The third-order valence-corrected chi connectivity index (χ3v) is 6.52. The van der Waals surface area contributed by atoms with Crippen molar-refractivity contribution in [2.45, 2.75) is 64.8 Å². The predicted molar refractivity (Wildman–Crippen MR) is 83.1 cm³/mol. The number of carbonyl (C=O) groups is 2. The molecule has 0 saturated heterocycles. The van der Waals surface area contributed by atoms with Crippen LogP contribution in [0.4, 0.5) is 0 Å². The van der Waals surface area contributed by atoms with Crippen molar-refractivity contribution in [3.8, 4) is 0 Å². The number of hydrogen-bond donors (Lipinski definition) is 1. The molecule has 3 saturated carbocycles. The van der Waals surface area contributed by atoms with Crippen molar-refractivity contribution in [1.29, 1.82) is 0 Å². The largest absolute Gasteiger partial charge is 0.393 e. The van der Waals surface area contributed by atoms with Gasteiger partial charge in [0.25, 0.3) is 0 Å². The Hall–Kier alpha value is -0.960. The molecule has 0 bridgehead atoms. The van der Waals surface area contributed by atoms with E-state index >= 15 is 0 Å². The zero-order valence-electron chi connectivity index (χ0n) is 19.9. The SMILES string of the molecule is [2H]C1=C2C([2H])([2H])CC3C4CC([2H])([2H])C(=O)C4(C)C[C@H](O)C3C2(C)CC([2H])([2H])C1=O. The van der Waals surface area contributed by atoms with Crippen LogP contribution in [0.2, 0.25) is 0 Å². The molecule has 0 aromatic heterocycles. The maximum absolute atomic E-state index is 12.8. The summed E-state index contributed by atoms with van der Waals surface area (Å²) in [6.07, 6.45) is -8.03. The Morgan fingerprint density at radius 2 is 2.00 bits per heavy atom. The Morgan fingerprint density at radius 3 is 2.77 bits per heavy atom. The first kappa shape index (κ1) is 8.77. The maximum Gasteiger partial charge on any atom is 0.155 e. The first-order valence-electron chi connectivity index (χ1n) is 11.5. The average molecular weight is 309 g/mol.